The van der Waals surface area contributed by atoms with E-state index in [-0.39, 0.29) is 24.9 Å². The summed E-state index contributed by atoms with van der Waals surface area (Å²) in [6, 6.07) is 10.6. The number of aryl methyl sites for hydroxylation is 1. The number of anilines is 2. The Morgan fingerprint density at radius 2 is 1.58 bits per heavy atom. The summed E-state index contributed by atoms with van der Waals surface area (Å²) in [5.74, 6) is -0.375. The van der Waals surface area contributed by atoms with Gasteiger partial charge in [-0.2, -0.15) is 0 Å². The molecule has 0 aliphatic rings. The van der Waals surface area contributed by atoms with Crippen LogP contribution in [0.2, 0.25) is 10.0 Å². The van der Waals surface area contributed by atoms with Crippen LogP contribution in [-0.2, 0) is 9.59 Å². The van der Waals surface area contributed by atoms with Gasteiger partial charge in [-0.3, -0.25) is 9.59 Å². The van der Waals surface area contributed by atoms with Gasteiger partial charge in [-0.1, -0.05) is 35.3 Å². The first kappa shape index (κ1) is 20.2. The smallest absolute Gasteiger partial charge is 0.279 e. The van der Waals surface area contributed by atoms with E-state index < -0.39 is 0 Å². The van der Waals surface area contributed by atoms with E-state index in [1.807, 2.05) is 32.0 Å². The van der Waals surface area contributed by atoms with E-state index in [2.05, 4.69) is 10.6 Å². The molecule has 0 saturated carbocycles. The van der Waals surface area contributed by atoms with Crippen LogP contribution in [0.25, 0.3) is 0 Å². The van der Waals surface area contributed by atoms with Crippen LogP contribution >= 0.6 is 23.2 Å². The molecule has 0 heterocycles. The first-order chi connectivity index (χ1) is 12.3. The lowest BCUT2D eigenvalue weighted by Crippen LogP contribution is -3.11. The number of nitrogens with one attached hydrogen (secondary N) is 3. The summed E-state index contributed by atoms with van der Waals surface area (Å²) in [6.45, 7) is 4.27. The SMILES string of the molecule is Cc1cccc(NC(=O)C[NH+](C)CC(=O)Nc2ccc(Cl)cc2Cl)c1C. The van der Waals surface area contributed by atoms with Crippen molar-refractivity contribution in [2.24, 2.45) is 0 Å². The summed E-state index contributed by atoms with van der Waals surface area (Å²) in [4.78, 5) is 25.1. The van der Waals surface area contributed by atoms with Crippen molar-refractivity contribution < 1.29 is 14.5 Å². The van der Waals surface area contributed by atoms with Crippen LogP contribution in [0.5, 0.6) is 0 Å². The maximum absolute atomic E-state index is 12.2. The number of hydrogen-bond donors (Lipinski definition) is 3. The molecule has 0 aromatic heterocycles. The second-order valence-corrected chi connectivity index (χ2v) is 7.12. The molecule has 0 fully saturated rings. The molecule has 3 N–H and O–H groups in total. The van der Waals surface area contributed by atoms with E-state index >= 15 is 0 Å². The van der Waals surface area contributed by atoms with Gasteiger partial charge in [-0.05, 0) is 49.2 Å². The molecule has 1 unspecified atom stereocenters. The first-order valence-corrected chi connectivity index (χ1v) is 8.94. The zero-order valence-electron chi connectivity index (χ0n) is 15.0. The van der Waals surface area contributed by atoms with Gasteiger partial charge in [0, 0.05) is 10.7 Å². The molecule has 26 heavy (non-hydrogen) atoms. The molecule has 0 aliphatic heterocycles. The van der Waals surface area contributed by atoms with Gasteiger partial charge in [0.2, 0.25) is 0 Å². The number of amides is 2. The number of hydrogen-bond acceptors (Lipinski definition) is 2. The summed E-state index contributed by atoms with van der Waals surface area (Å²) >= 11 is 11.9. The van der Waals surface area contributed by atoms with Crippen molar-refractivity contribution in [3.63, 3.8) is 0 Å². The van der Waals surface area contributed by atoms with Crippen LogP contribution < -0.4 is 15.5 Å². The molecule has 138 valence electrons. The van der Waals surface area contributed by atoms with Gasteiger partial charge in [-0.15, -0.1) is 0 Å². The van der Waals surface area contributed by atoms with E-state index in [1.165, 1.54) is 0 Å². The lowest BCUT2D eigenvalue weighted by atomic mass is 10.1. The van der Waals surface area contributed by atoms with E-state index in [0.717, 1.165) is 21.7 Å². The van der Waals surface area contributed by atoms with Gasteiger partial charge < -0.3 is 15.5 Å². The Kier molecular flexibility index (Phi) is 7.03. The number of halogens is 2. The Balaban J connectivity index is 1.87. The third-order valence-corrected chi connectivity index (χ3v) is 4.56. The van der Waals surface area contributed by atoms with Gasteiger partial charge in [-0.25, -0.2) is 0 Å². The standard InChI is InChI=1S/C19H21Cl2N3O2/c1-12-5-4-6-16(13(12)2)22-18(25)10-24(3)11-19(26)23-17-8-7-14(20)9-15(17)21/h4-9H,10-11H2,1-3H3,(H,22,25)(H,23,26)/p+1. The van der Waals surface area contributed by atoms with Crippen LogP contribution in [0.1, 0.15) is 11.1 Å². The molecule has 2 amide bonds. The molecular formula is C19H22Cl2N3O2+. The minimum Gasteiger partial charge on any atom is -0.322 e. The maximum atomic E-state index is 12.2. The molecule has 2 aromatic rings. The predicted molar refractivity (Wildman–Crippen MR) is 106 cm³/mol. The fourth-order valence-corrected chi connectivity index (χ4v) is 2.93. The molecule has 2 aromatic carbocycles. The summed E-state index contributed by atoms with van der Waals surface area (Å²) in [7, 11) is 1.78. The Morgan fingerprint density at radius 1 is 0.962 bits per heavy atom. The Hall–Kier alpha value is -2.08. The average Bonchev–Trinajstić information content (AvgIpc) is 2.54. The third-order valence-electron chi connectivity index (χ3n) is 4.01. The van der Waals surface area contributed by atoms with Crippen LogP contribution in [0.15, 0.2) is 36.4 Å². The molecule has 0 radical (unpaired) electrons. The van der Waals surface area contributed by atoms with Crippen molar-refractivity contribution >= 4 is 46.4 Å². The number of benzene rings is 2. The number of quaternary nitrogens is 1. The van der Waals surface area contributed by atoms with Gasteiger partial charge in [0.25, 0.3) is 11.8 Å². The van der Waals surface area contributed by atoms with Crippen molar-refractivity contribution in [3.8, 4) is 0 Å². The van der Waals surface area contributed by atoms with Gasteiger partial charge in [0.15, 0.2) is 13.1 Å². The van der Waals surface area contributed by atoms with Gasteiger partial charge in [0.1, 0.15) is 0 Å². The van der Waals surface area contributed by atoms with Crippen LogP contribution in [0, 0.1) is 13.8 Å². The molecule has 0 aliphatic carbocycles. The highest BCUT2D eigenvalue weighted by molar-refractivity contribution is 6.36. The van der Waals surface area contributed by atoms with Crippen LogP contribution in [0.4, 0.5) is 11.4 Å². The predicted octanol–water partition coefficient (Wildman–Crippen LogP) is 2.70. The summed E-state index contributed by atoms with van der Waals surface area (Å²) < 4.78 is 0. The van der Waals surface area contributed by atoms with E-state index in [4.69, 9.17) is 23.2 Å². The van der Waals surface area contributed by atoms with E-state index in [9.17, 15) is 9.59 Å². The van der Waals surface area contributed by atoms with E-state index in [1.54, 1.807) is 25.2 Å². The molecule has 5 nitrogen and oxygen atoms in total. The zero-order chi connectivity index (χ0) is 19.3. The zero-order valence-corrected chi connectivity index (χ0v) is 16.5. The number of rotatable bonds is 6. The first-order valence-electron chi connectivity index (χ1n) is 8.18. The number of likely N-dealkylation sites (N-methyl/N-ethyl adjacent to an activating group) is 1. The lowest BCUT2D eigenvalue weighted by molar-refractivity contribution is -0.862. The Labute approximate surface area is 163 Å². The molecule has 0 bridgehead atoms. The molecule has 0 saturated heterocycles. The quantitative estimate of drug-likeness (QED) is 0.705. The summed E-state index contributed by atoms with van der Waals surface area (Å²) in [6.07, 6.45) is 0. The number of carbonyl (C=O) groups is 2. The van der Waals surface area contributed by atoms with Crippen molar-refractivity contribution in [2.45, 2.75) is 13.8 Å². The van der Waals surface area contributed by atoms with Gasteiger partial charge >= 0.3 is 0 Å². The van der Waals surface area contributed by atoms with Gasteiger partial charge in [0.05, 0.1) is 17.8 Å². The highest BCUT2D eigenvalue weighted by atomic mass is 35.5. The minimum atomic E-state index is -0.230. The fourth-order valence-electron chi connectivity index (χ4n) is 2.48. The highest BCUT2D eigenvalue weighted by Crippen LogP contribution is 2.25. The second-order valence-electron chi connectivity index (χ2n) is 6.28. The lowest BCUT2D eigenvalue weighted by Gasteiger charge is -2.15. The topological polar surface area (TPSA) is 62.6 Å². The summed E-state index contributed by atoms with van der Waals surface area (Å²) in [5.41, 5.74) is 3.44. The molecule has 7 heteroatoms. The minimum absolute atomic E-state index is 0.138. The van der Waals surface area contributed by atoms with Crippen molar-refractivity contribution in [1.82, 2.24) is 0 Å². The molecule has 2 rings (SSSR count). The molecular weight excluding hydrogens is 373 g/mol. The normalized spacial score (nSPS) is 11.7. The van der Waals surface area contributed by atoms with Crippen molar-refractivity contribution in [3.05, 3.63) is 57.6 Å². The highest BCUT2D eigenvalue weighted by Gasteiger charge is 2.16. The van der Waals surface area contributed by atoms with E-state index in [0.29, 0.717) is 15.7 Å². The third kappa shape index (κ3) is 5.73. The van der Waals surface area contributed by atoms with Crippen molar-refractivity contribution in [2.75, 3.05) is 30.8 Å². The molecule has 1 atom stereocenters. The maximum Gasteiger partial charge on any atom is 0.279 e. The fraction of sp³-hybridized carbons (Fsp3) is 0.263. The Morgan fingerprint density at radius 3 is 2.19 bits per heavy atom. The molecule has 0 spiro atoms. The monoisotopic (exact) mass is 394 g/mol. The Bertz CT molecular complexity index is 824. The van der Waals surface area contributed by atoms with Crippen molar-refractivity contribution in [1.29, 1.82) is 0 Å². The largest absolute Gasteiger partial charge is 0.322 e. The average molecular weight is 395 g/mol. The number of carbonyl (C=O) groups excluding carboxylic acids is 2. The van der Waals surface area contributed by atoms with Crippen LogP contribution in [0.3, 0.4) is 0 Å². The summed E-state index contributed by atoms with van der Waals surface area (Å²) in [5, 5.41) is 6.49. The van der Waals surface area contributed by atoms with Crippen LogP contribution in [-0.4, -0.2) is 32.0 Å². The second kappa shape index (κ2) is 9.03.